The van der Waals surface area contributed by atoms with E-state index in [0.29, 0.717) is 32.1 Å². The normalized spacial score (nSPS) is 11.8. The summed E-state index contributed by atoms with van der Waals surface area (Å²) in [5, 5.41) is 17.6. The van der Waals surface area contributed by atoms with Crippen molar-refractivity contribution in [2.45, 2.75) is 33.2 Å². The summed E-state index contributed by atoms with van der Waals surface area (Å²) in [6, 6.07) is 14.7. The summed E-state index contributed by atoms with van der Waals surface area (Å²) in [5.74, 6) is 0.971. The van der Waals surface area contributed by atoms with Crippen molar-refractivity contribution in [1.82, 2.24) is 0 Å². The molecule has 0 aliphatic heterocycles. The third-order valence-electron chi connectivity index (χ3n) is 3.96. The first-order valence-corrected chi connectivity index (χ1v) is 11.9. The Balaban J connectivity index is 1.82. The van der Waals surface area contributed by atoms with Gasteiger partial charge in [0.25, 0.3) is 0 Å². The molecule has 0 amide bonds. The molecule has 0 saturated heterocycles. The van der Waals surface area contributed by atoms with Crippen molar-refractivity contribution in [2.24, 2.45) is 10.2 Å². The van der Waals surface area contributed by atoms with E-state index >= 15 is 0 Å². The number of ether oxygens (including phenoxy) is 1. The van der Waals surface area contributed by atoms with Crippen LogP contribution in [0.4, 0.5) is 11.4 Å². The minimum Gasteiger partial charge on any atom is -0.508 e. The molecule has 2 aromatic carbocycles. The summed E-state index contributed by atoms with van der Waals surface area (Å²) in [5.41, 5.74) is 1.40. The molecule has 0 radical (unpaired) electrons. The molecule has 0 spiro atoms. The molecule has 2 rings (SSSR count). The average Bonchev–Trinajstić information content (AvgIpc) is 2.72. The SMILES string of the molecule is CCO[Si](CCCOc1ccc(N=Nc2ccc(O)cc2)cc1)(OCC)OCC. The van der Waals surface area contributed by atoms with Crippen molar-refractivity contribution in [2.75, 3.05) is 26.4 Å². The van der Waals surface area contributed by atoms with E-state index in [4.69, 9.17) is 18.0 Å². The lowest BCUT2D eigenvalue weighted by Gasteiger charge is -2.28. The molecule has 2 aromatic rings. The summed E-state index contributed by atoms with van der Waals surface area (Å²) >= 11 is 0. The zero-order chi connectivity index (χ0) is 21.0. The maximum Gasteiger partial charge on any atom is 0.501 e. The number of hydrogen-bond donors (Lipinski definition) is 1. The highest BCUT2D eigenvalue weighted by atomic mass is 28.4. The third-order valence-corrected chi connectivity index (χ3v) is 7.11. The molecular weight excluding hydrogens is 388 g/mol. The maximum atomic E-state index is 9.28. The van der Waals surface area contributed by atoms with Crippen LogP contribution in [0, 0.1) is 0 Å². The van der Waals surface area contributed by atoms with E-state index in [1.807, 2.05) is 45.0 Å². The van der Waals surface area contributed by atoms with Gasteiger partial charge in [0.15, 0.2) is 0 Å². The Labute approximate surface area is 173 Å². The van der Waals surface area contributed by atoms with Crippen LogP contribution in [-0.4, -0.2) is 40.3 Å². The van der Waals surface area contributed by atoms with E-state index in [9.17, 15) is 5.11 Å². The summed E-state index contributed by atoms with van der Waals surface area (Å²) in [7, 11) is -2.61. The van der Waals surface area contributed by atoms with Crippen LogP contribution in [0.1, 0.15) is 27.2 Å². The van der Waals surface area contributed by atoms with Gasteiger partial charge in [-0.2, -0.15) is 10.2 Å². The Bertz CT molecular complexity index is 721. The zero-order valence-corrected chi connectivity index (χ0v) is 18.3. The fraction of sp³-hybridized carbons (Fsp3) is 0.429. The Hall–Kier alpha value is -2.26. The number of rotatable bonds is 13. The molecule has 0 aliphatic rings. The first-order chi connectivity index (χ1) is 14.1. The van der Waals surface area contributed by atoms with Crippen LogP contribution in [0.3, 0.4) is 0 Å². The predicted octanol–water partition coefficient (Wildman–Crippen LogP) is 5.62. The van der Waals surface area contributed by atoms with Crippen LogP contribution in [0.15, 0.2) is 58.8 Å². The van der Waals surface area contributed by atoms with Gasteiger partial charge in [0.05, 0.1) is 18.0 Å². The quantitative estimate of drug-likeness (QED) is 0.259. The smallest absolute Gasteiger partial charge is 0.501 e. The van der Waals surface area contributed by atoms with Crippen molar-refractivity contribution in [1.29, 1.82) is 0 Å². The van der Waals surface area contributed by atoms with E-state index < -0.39 is 8.80 Å². The molecule has 158 valence electrons. The molecule has 0 aromatic heterocycles. The van der Waals surface area contributed by atoms with Gasteiger partial charge < -0.3 is 23.1 Å². The second-order valence-electron chi connectivity index (χ2n) is 6.14. The third kappa shape index (κ3) is 7.94. The highest BCUT2D eigenvalue weighted by molar-refractivity contribution is 6.60. The number of azo groups is 1. The second kappa shape index (κ2) is 12.3. The Morgan fingerprint density at radius 3 is 1.72 bits per heavy atom. The standard InChI is InChI=1S/C21H30N2O5Si/c1-4-26-29(27-5-2,28-6-3)17-7-16-25-21-14-10-19(11-15-21)23-22-18-8-12-20(24)13-9-18/h8-15,24H,4-7,16-17H2,1-3H3. The fourth-order valence-electron chi connectivity index (χ4n) is 2.72. The van der Waals surface area contributed by atoms with Gasteiger partial charge in [-0.25, -0.2) is 0 Å². The molecule has 0 atom stereocenters. The van der Waals surface area contributed by atoms with Gasteiger partial charge in [-0.3, -0.25) is 0 Å². The number of hydrogen-bond acceptors (Lipinski definition) is 7. The van der Waals surface area contributed by atoms with Crippen LogP contribution < -0.4 is 4.74 Å². The van der Waals surface area contributed by atoms with Crippen molar-refractivity contribution >= 4 is 20.2 Å². The summed E-state index contributed by atoms with van der Waals surface area (Å²) in [6.07, 6.45) is 0.786. The number of nitrogens with zero attached hydrogens (tertiary/aromatic N) is 2. The molecule has 0 unspecified atom stereocenters. The van der Waals surface area contributed by atoms with Gasteiger partial charge in [0, 0.05) is 25.9 Å². The van der Waals surface area contributed by atoms with Crippen LogP contribution in [0.25, 0.3) is 0 Å². The molecular formula is C21H30N2O5Si. The Kier molecular flexibility index (Phi) is 9.79. The van der Waals surface area contributed by atoms with Gasteiger partial charge in [-0.05, 0) is 75.7 Å². The highest BCUT2D eigenvalue weighted by Gasteiger charge is 2.39. The topological polar surface area (TPSA) is 81.9 Å². The lowest BCUT2D eigenvalue weighted by Crippen LogP contribution is -2.46. The van der Waals surface area contributed by atoms with Crippen LogP contribution >= 0.6 is 0 Å². The van der Waals surface area contributed by atoms with Gasteiger partial charge >= 0.3 is 8.80 Å². The maximum absolute atomic E-state index is 9.28. The second-order valence-corrected chi connectivity index (χ2v) is 8.88. The van der Waals surface area contributed by atoms with Gasteiger partial charge in [0.1, 0.15) is 11.5 Å². The van der Waals surface area contributed by atoms with Crippen molar-refractivity contribution in [3.05, 3.63) is 48.5 Å². The molecule has 8 heteroatoms. The number of benzene rings is 2. The van der Waals surface area contributed by atoms with Crippen molar-refractivity contribution < 1.29 is 23.1 Å². The Morgan fingerprint density at radius 1 is 0.759 bits per heavy atom. The number of phenols is 1. The Morgan fingerprint density at radius 2 is 1.24 bits per heavy atom. The lowest BCUT2D eigenvalue weighted by atomic mass is 10.3. The first kappa shape index (κ1) is 23.0. The fourth-order valence-corrected chi connectivity index (χ4v) is 5.30. The van der Waals surface area contributed by atoms with Crippen LogP contribution in [0.5, 0.6) is 11.5 Å². The predicted molar refractivity (Wildman–Crippen MR) is 114 cm³/mol. The van der Waals surface area contributed by atoms with E-state index in [0.717, 1.165) is 23.9 Å². The van der Waals surface area contributed by atoms with E-state index in [1.165, 1.54) is 0 Å². The molecule has 0 bridgehead atoms. The van der Waals surface area contributed by atoms with Crippen molar-refractivity contribution in [3.8, 4) is 11.5 Å². The average molecular weight is 419 g/mol. The lowest BCUT2D eigenvalue weighted by molar-refractivity contribution is 0.0696. The van der Waals surface area contributed by atoms with E-state index in [1.54, 1.807) is 24.3 Å². The largest absolute Gasteiger partial charge is 0.508 e. The highest BCUT2D eigenvalue weighted by Crippen LogP contribution is 2.23. The van der Waals surface area contributed by atoms with Gasteiger partial charge in [-0.1, -0.05) is 0 Å². The van der Waals surface area contributed by atoms with E-state index in [2.05, 4.69) is 10.2 Å². The molecule has 7 nitrogen and oxygen atoms in total. The molecule has 1 N–H and O–H groups in total. The van der Waals surface area contributed by atoms with Gasteiger partial charge in [-0.15, -0.1) is 0 Å². The minimum absolute atomic E-state index is 0.203. The first-order valence-electron chi connectivity index (χ1n) is 9.96. The molecule has 0 heterocycles. The molecule has 29 heavy (non-hydrogen) atoms. The van der Waals surface area contributed by atoms with Crippen LogP contribution in [-0.2, 0) is 13.3 Å². The van der Waals surface area contributed by atoms with Crippen molar-refractivity contribution in [3.63, 3.8) is 0 Å². The molecule has 0 saturated carbocycles. The minimum atomic E-state index is -2.61. The van der Waals surface area contributed by atoms with Gasteiger partial charge in [0.2, 0.25) is 0 Å². The van der Waals surface area contributed by atoms with E-state index in [-0.39, 0.29) is 5.75 Å². The molecule has 0 fully saturated rings. The summed E-state index contributed by atoms with van der Waals surface area (Å²) in [4.78, 5) is 0. The zero-order valence-electron chi connectivity index (χ0n) is 17.3. The monoisotopic (exact) mass is 418 g/mol. The summed E-state index contributed by atoms with van der Waals surface area (Å²) in [6.45, 7) is 8.15. The van der Waals surface area contributed by atoms with Crippen LogP contribution in [0.2, 0.25) is 6.04 Å². The number of aromatic hydroxyl groups is 1. The summed E-state index contributed by atoms with van der Waals surface area (Å²) < 4.78 is 23.4. The molecule has 0 aliphatic carbocycles. The number of phenolic OH excluding ortho intramolecular Hbond substituents is 1.